The van der Waals surface area contributed by atoms with E-state index in [-0.39, 0.29) is 17.7 Å². The number of amides is 1. The lowest BCUT2D eigenvalue weighted by atomic mass is 9.76. The Morgan fingerprint density at radius 1 is 1.25 bits per heavy atom. The van der Waals surface area contributed by atoms with Crippen molar-refractivity contribution in [2.45, 2.75) is 24.0 Å². The van der Waals surface area contributed by atoms with E-state index < -0.39 is 15.3 Å². The van der Waals surface area contributed by atoms with Crippen molar-refractivity contribution < 1.29 is 17.9 Å². The maximum Gasteiger partial charge on any atom is 0.224 e. The summed E-state index contributed by atoms with van der Waals surface area (Å²) in [5, 5.41) is -0.624. The first kappa shape index (κ1) is 17.4. The number of nitrogens with zero attached hydrogens (tertiary/aromatic N) is 2. The molecule has 1 atom stereocenters. The highest BCUT2D eigenvalue weighted by Gasteiger charge is 2.52. The van der Waals surface area contributed by atoms with Crippen LogP contribution in [0.2, 0.25) is 0 Å². The molecule has 0 aromatic heterocycles. The molecule has 0 saturated carbocycles. The second-order valence-corrected chi connectivity index (χ2v) is 8.86. The van der Waals surface area contributed by atoms with Gasteiger partial charge in [-0.1, -0.05) is 30.3 Å². The Bertz CT molecular complexity index is 699. The zero-order chi connectivity index (χ0) is 17.4. The van der Waals surface area contributed by atoms with Gasteiger partial charge in [0, 0.05) is 45.1 Å². The van der Waals surface area contributed by atoms with E-state index >= 15 is 0 Å². The van der Waals surface area contributed by atoms with E-state index in [1.54, 1.807) is 12.0 Å². The van der Waals surface area contributed by atoms with E-state index in [0.29, 0.717) is 32.8 Å². The molecule has 2 heterocycles. The Morgan fingerprint density at radius 3 is 2.46 bits per heavy atom. The van der Waals surface area contributed by atoms with Gasteiger partial charge in [0.05, 0.1) is 6.61 Å². The third kappa shape index (κ3) is 2.85. The number of carbonyl (C=O) groups excluding carboxylic acids is 1. The Balaban J connectivity index is 1.75. The number of benzene rings is 1. The van der Waals surface area contributed by atoms with Crippen molar-refractivity contribution in [2.24, 2.45) is 0 Å². The lowest BCUT2D eigenvalue weighted by molar-refractivity contribution is -0.127. The number of carbonyl (C=O) groups is 1. The number of rotatable bonds is 6. The highest BCUT2D eigenvalue weighted by molar-refractivity contribution is 7.89. The van der Waals surface area contributed by atoms with Crippen LogP contribution in [0.1, 0.15) is 18.9 Å². The summed E-state index contributed by atoms with van der Waals surface area (Å²) >= 11 is 0. The number of sulfonamides is 1. The number of hydrogen-bond acceptors (Lipinski definition) is 4. The molecule has 0 aliphatic carbocycles. The number of methoxy groups -OCH3 is 1. The number of ether oxygens (including phenoxy) is 1. The summed E-state index contributed by atoms with van der Waals surface area (Å²) in [6.45, 7) is 4.02. The first-order valence-corrected chi connectivity index (χ1v) is 9.74. The van der Waals surface area contributed by atoms with Crippen LogP contribution in [0.5, 0.6) is 0 Å². The average Bonchev–Trinajstić information content (AvgIpc) is 2.93. The van der Waals surface area contributed by atoms with Crippen molar-refractivity contribution in [1.82, 2.24) is 9.21 Å². The molecular formula is C17H24N2O4S. The minimum absolute atomic E-state index is 0.0715. The van der Waals surface area contributed by atoms with E-state index in [1.807, 2.05) is 37.3 Å². The predicted molar refractivity (Wildman–Crippen MR) is 91.1 cm³/mol. The summed E-state index contributed by atoms with van der Waals surface area (Å²) in [6.07, 6.45) is 0.0925. The van der Waals surface area contributed by atoms with Crippen LogP contribution in [0.25, 0.3) is 0 Å². The first-order valence-electron chi connectivity index (χ1n) is 8.24. The quantitative estimate of drug-likeness (QED) is 0.761. The third-order valence-electron chi connectivity index (χ3n) is 5.11. The van der Waals surface area contributed by atoms with E-state index in [4.69, 9.17) is 4.74 Å². The Kier molecular flexibility index (Phi) is 4.68. The van der Waals surface area contributed by atoms with Crippen LogP contribution in [0.15, 0.2) is 30.3 Å². The van der Waals surface area contributed by atoms with Gasteiger partial charge in [-0.2, -0.15) is 4.31 Å². The SMILES string of the molecule is CCN1CC(S(=O)(=O)N2CC(COC)(c3ccccc3)C2)CC1=O. The minimum Gasteiger partial charge on any atom is -0.384 e. The summed E-state index contributed by atoms with van der Waals surface area (Å²) in [5.41, 5.74) is 0.798. The van der Waals surface area contributed by atoms with Crippen LogP contribution < -0.4 is 0 Å². The Labute approximate surface area is 143 Å². The van der Waals surface area contributed by atoms with Crippen LogP contribution in [0.3, 0.4) is 0 Å². The summed E-state index contributed by atoms with van der Waals surface area (Å²) < 4.78 is 32.6. The van der Waals surface area contributed by atoms with Crippen LogP contribution in [-0.2, 0) is 25.0 Å². The molecule has 2 fully saturated rings. The van der Waals surface area contributed by atoms with Crippen molar-refractivity contribution in [3.63, 3.8) is 0 Å². The molecule has 7 heteroatoms. The topological polar surface area (TPSA) is 66.9 Å². The molecule has 0 bridgehead atoms. The van der Waals surface area contributed by atoms with Gasteiger partial charge in [-0.3, -0.25) is 4.79 Å². The number of hydrogen-bond donors (Lipinski definition) is 0. The molecule has 1 unspecified atom stereocenters. The molecule has 0 spiro atoms. The van der Waals surface area contributed by atoms with Gasteiger partial charge in [0.2, 0.25) is 15.9 Å². The zero-order valence-corrected chi connectivity index (χ0v) is 15.0. The monoisotopic (exact) mass is 352 g/mol. The van der Waals surface area contributed by atoms with Crippen molar-refractivity contribution in [2.75, 3.05) is 39.9 Å². The molecule has 3 rings (SSSR count). The summed E-state index contributed by atoms with van der Waals surface area (Å²) in [6, 6.07) is 9.89. The van der Waals surface area contributed by atoms with Gasteiger partial charge in [-0.05, 0) is 12.5 Å². The molecule has 0 radical (unpaired) electrons. The Morgan fingerprint density at radius 2 is 1.92 bits per heavy atom. The highest BCUT2D eigenvalue weighted by Crippen LogP contribution is 2.38. The van der Waals surface area contributed by atoms with Gasteiger partial charge in [-0.15, -0.1) is 0 Å². The van der Waals surface area contributed by atoms with E-state index in [2.05, 4.69) is 0 Å². The predicted octanol–water partition coefficient (Wildman–Crippen LogP) is 0.837. The fraction of sp³-hybridized carbons (Fsp3) is 0.588. The lowest BCUT2D eigenvalue weighted by Gasteiger charge is -2.49. The first-order chi connectivity index (χ1) is 11.4. The minimum atomic E-state index is -3.46. The van der Waals surface area contributed by atoms with Crippen molar-refractivity contribution in [1.29, 1.82) is 0 Å². The van der Waals surface area contributed by atoms with Gasteiger partial charge in [0.15, 0.2) is 0 Å². The summed E-state index contributed by atoms with van der Waals surface area (Å²) in [5.74, 6) is -0.0715. The van der Waals surface area contributed by atoms with E-state index in [9.17, 15) is 13.2 Å². The maximum atomic E-state index is 12.9. The summed E-state index contributed by atoms with van der Waals surface area (Å²) in [4.78, 5) is 13.5. The maximum absolute atomic E-state index is 12.9. The Hall–Kier alpha value is -1.44. The second kappa shape index (κ2) is 6.46. The molecule has 132 valence electrons. The molecule has 24 heavy (non-hydrogen) atoms. The fourth-order valence-corrected chi connectivity index (χ4v) is 5.68. The molecular weight excluding hydrogens is 328 g/mol. The normalized spacial score (nSPS) is 24.2. The molecule has 2 saturated heterocycles. The largest absolute Gasteiger partial charge is 0.384 e. The van der Waals surface area contributed by atoms with Crippen LogP contribution in [-0.4, -0.2) is 68.7 Å². The molecule has 0 N–H and O–H groups in total. The van der Waals surface area contributed by atoms with E-state index in [1.165, 1.54) is 4.31 Å². The fourth-order valence-electron chi connectivity index (χ4n) is 3.69. The lowest BCUT2D eigenvalue weighted by Crippen LogP contribution is -2.64. The zero-order valence-electron chi connectivity index (χ0n) is 14.1. The second-order valence-electron chi connectivity index (χ2n) is 6.65. The van der Waals surface area contributed by atoms with Gasteiger partial charge in [-0.25, -0.2) is 8.42 Å². The molecule has 2 aliphatic heterocycles. The average molecular weight is 352 g/mol. The highest BCUT2D eigenvalue weighted by atomic mass is 32.2. The van der Waals surface area contributed by atoms with Gasteiger partial charge in [0.25, 0.3) is 0 Å². The smallest absolute Gasteiger partial charge is 0.224 e. The van der Waals surface area contributed by atoms with E-state index in [0.717, 1.165) is 5.56 Å². The molecule has 1 aromatic carbocycles. The van der Waals surface area contributed by atoms with Gasteiger partial charge < -0.3 is 9.64 Å². The molecule has 1 aromatic rings. The van der Waals surface area contributed by atoms with Crippen molar-refractivity contribution >= 4 is 15.9 Å². The number of likely N-dealkylation sites (tertiary alicyclic amines) is 1. The standard InChI is InChI=1S/C17H24N2O4S/c1-3-18-10-15(9-16(18)20)24(21,22)19-11-17(12-19,13-23-2)14-7-5-4-6-8-14/h4-8,15H,3,9-13H2,1-2H3. The third-order valence-corrected chi connectivity index (χ3v) is 7.24. The molecule has 1 amide bonds. The van der Waals surface area contributed by atoms with Crippen LogP contribution in [0, 0.1) is 0 Å². The van der Waals surface area contributed by atoms with Gasteiger partial charge >= 0.3 is 0 Å². The van der Waals surface area contributed by atoms with Crippen molar-refractivity contribution in [3.8, 4) is 0 Å². The summed E-state index contributed by atoms with van der Waals surface area (Å²) in [7, 11) is -1.82. The van der Waals surface area contributed by atoms with Gasteiger partial charge in [0.1, 0.15) is 5.25 Å². The van der Waals surface area contributed by atoms with Crippen LogP contribution in [0.4, 0.5) is 0 Å². The molecule has 6 nitrogen and oxygen atoms in total. The van der Waals surface area contributed by atoms with Crippen LogP contribution >= 0.6 is 0 Å². The van der Waals surface area contributed by atoms with Crippen molar-refractivity contribution in [3.05, 3.63) is 35.9 Å². The molecule has 2 aliphatic rings.